The molecule has 1 atom stereocenters. The van der Waals surface area contributed by atoms with Gasteiger partial charge >= 0.3 is 0 Å². The maximum atomic E-state index is 5.47. The average molecular weight is 254 g/mol. The number of nitrogens with one attached hydrogen (secondary N) is 1. The van der Waals surface area contributed by atoms with Crippen LogP contribution < -0.4 is 10.1 Å². The van der Waals surface area contributed by atoms with Crippen molar-refractivity contribution in [3.8, 4) is 5.75 Å². The lowest BCUT2D eigenvalue weighted by Gasteiger charge is -2.12. The molecule has 0 aromatic heterocycles. The average Bonchev–Trinajstić information content (AvgIpc) is 2.32. The molecular formula is C14H20ClNO. The van der Waals surface area contributed by atoms with Gasteiger partial charge in [-0.3, -0.25) is 0 Å². The zero-order valence-electron chi connectivity index (χ0n) is 10.4. The Morgan fingerprint density at radius 1 is 1.35 bits per heavy atom. The maximum absolute atomic E-state index is 5.47. The zero-order valence-corrected chi connectivity index (χ0v) is 11.2. The molecule has 0 saturated carbocycles. The Bertz CT molecular complexity index is 335. The Balaban J connectivity index is 2.44. The fraction of sp³-hybridized carbons (Fsp3) is 0.429. The van der Waals surface area contributed by atoms with E-state index >= 15 is 0 Å². The van der Waals surface area contributed by atoms with Crippen LogP contribution in [0.4, 0.5) is 0 Å². The summed E-state index contributed by atoms with van der Waals surface area (Å²) in [6, 6.07) is 8.71. The van der Waals surface area contributed by atoms with Crippen LogP contribution in [0.1, 0.15) is 19.4 Å². The first-order chi connectivity index (χ1) is 8.26. The van der Waals surface area contributed by atoms with Crippen molar-refractivity contribution in [1.29, 1.82) is 0 Å². The highest BCUT2D eigenvalue weighted by atomic mass is 35.5. The summed E-state index contributed by atoms with van der Waals surface area (Å²) in [7, 11) is 0. The van der Waals surface area contributed by atoms with Gasteiger partial charge < -0.3 is 10.1 Å². The minimum Gasteiger partial charge on any atom is -0.490 e. The number of likely N-dealkylation sites (N-methyl/N-ethyl adjacent to an activating group) is 1. The van der Waals surface area contributed by atoms with Gasteiger partial charge in [0, 0.05) is 11.6 Å². The highest BCUT2D eigenvalue weighted by Gasteiger charge is 2.01. The van der Waals surface area contributed by atoms with Crippen molar-refractivity contribution in [2.45, 2.75) is 26.3 Å². The van der Waals surface area contributed by atoms with E-state index in [0.29, 0.717) is 12.6 Å². The van der Waals surface area contributed by atoms with Gasteiger partial charge in [0.25, 0.3) is 0 Å². The molecule has 1 aromatic rings. The molecule has 0 amide bonds. The van der Waals surface area contributed by atoms with Crippen LogP contribution >= 0.6 is 11.6 Å². The zero-order chi connectivity index (χ0) is 12.5. The molecule has 2 nitrogen and oxygen atoms in total. The van der Waals surface area contributed by atoms with Crippen molar-refractivity contribution >= 4 is 11.6 Å². The SMILES string of the molecule is CCNC(C)Cc1ccc(OC/C=C/Cl)cc1. The van der Waals surface area contributed by atoms with Crippen molar-refractivity contribution in [1.82, 2.24) is 5.32 Å². The Labute approximate surface area is 109 Å². The Morgan fingerprint density at radius 3 is 2.65 bits per heavy atom. The fourth-order valence-corrected chi connectivity index (χ4v) is 1.75. The van der Waals surface area contributed by atoms with Crippen LogP contribution in [0.15, 0.2) is 35.9 Å². The monoisotopic (exact) mass is 253 g/mol. The highest BCUT2D eigenvalue weighted by molar-refractivity contribution is 6.25. The van der Waals surface area contributed by atoms with Gasteiger partial charge in [0.2, 0.25) is 0 Å². The van der Waals surface area contributed by atoms with Crippen LogP contribution in [-0.4, -0.2) is 19.2 Å². The molecule has 1 N–H and O–H groups in total. The van der Waals surface area contributed by atoms with Crippen molar-refractivity contribution in [2.24, 2.45) is 0 Å². The summed E-state index contributed by atoms with van der Waals surface area (Å²) in [4.78, 5) is 0. The molecule has 0 bridgehead atoms. The van der Waals surface area contributed by atoms with Crippen molar-refractivity contribution in [2.75, 3.05) is 13.2 Å². The summed E-state index contributed by atoms with van der Waals surface area (Å²) in [6.07, 6.45) is 2.80. The highest BCUT2D eigenvalue weighted by Crippen LogP contribution is 2.13. The quantitative estimate of drug-likeness (QED) is 0.805. The number of benzene rings is 1. The number of rotatable bonds is 7. The third-order valence-corrected chi connectivity index (χ3v) is 2.63. The van der Waals surface area contributed by atoms with E-state index in [1.54, 1.807) is 6.08 Å². The van der Waals surface area contributed by atoms with E-state index in [9.17, 15) is 0 Å². The van der Waals surface area contributed by atoms with Crippen LogP contribution in [0, 0.1) is 0 Å². The molecule has 0 aliphatic heterocycles. The minimum atomic E-state index is 0.506. The molecule has 0 saturated heterocycles. The van der Waals surface area contributed by atoms with E-state index < -0.39 is 0 Å². The molecule has 1 unspecified atom stereocenters. The molecule has 0 aliphatic rings. The minimum absolute atomic E-state index is 0.506. The van der Waals surface area contributed by atoms with E-state index in [0.717, 1.165) is 18.7 Å². The van der Waals surface area contributed by atoms with E-state index in [2.05, 4.69) is 31.3 Å². The third-order valence-electron chi connectivity index (χ3n) is 2.45. The lowest BCUT2D eigenvalue weighted by molar-refractivity contribution is 0.363. The van der Waals surface area contributed by atoms with Crippen LogP contribution in [0.3, 0.4) is 0 Å². The molecule has 0 heterocycles. The van der Waals surface area contributed by atoms with Crippen LogP contribution in [-0.2, 0) is 6.42 Å². The second-order valence-electron chi connectivity index (χ2n) is 3.98. The van der Waals surface area contributed by atoms with Gasteiger partial charge in [-0.2, -0.15) is 0 Å². The van der Waals surface area contributed by atoms with Gasteiger partial charge in [0.1, 0.15) is 12.4 Å². The second-order valence-corrected chi connectivity index (χ2v) is 4.23. The Kier molecular flexibility index (Phi) is 6.75. The Hall–Kier alpha value is -0.990. The molecule has 94 valence electrons. The first-order valence-electron chi connectivity index (χ1n) is 5.96. The molecular weight excluding hydrogens is 234 g/mol. The fourth-order valence-electron chi connectivity index (χ4n) is 1.68. The van der Waals surface area contributed by atoms with Crippen LogP contribution in [0.2, 0.25) is 0 Å². The molecule has 3 heteroatoms. The van der Waals surface area contributed by atoms with Gasteiger partial charge in [-0.05, 0) is 43.7 Å². The molecule has 0 radical (unpaired) electrons. The predicted molar refractivity (Wildman–Crippen MR) is 73.8 cm³/mol. The number of hydrogen-bond acceptors (Lipinski definition) is 2. The topological polar surface area (TPSA) is 21.3 Å². The number of ether oxygens (including phenoxy) is 1. The first kappa shape index (κ1) is 14.1. The molecule has 1 rings (SSSR count). The van der Waals surface area contributed by atoms with Gasteiger partial charge in [-0.25, -0.2) is 0 Å². The third kappa shape index (κ3) is 5.76. The van der Waals surface area contributed by atoms with E-state index in [4.69, 9.17) is 16.3 Å². The lowest BCUT2D eigenvalue weighted by Crippen LogP contribution is -2.27. The van der Waals surface area contributed by atoms with Gasteiger partial charge in [-0.1, -0.05) is 30.7 Å². The number of hydrogen-bond donors (Lipinski definition) is 1. The lowest BCUT2D eigenvalue weighted by atomic mass is 10.1. The van der Waals surface area contributed by atoms with Gasteiger partial charge in [-0.15, -0.1) is 0 Å². The largest absolute Gasteiger partial charge is 0.490 e. The summed E-state index contributed by atoms with van der Waals surface area (Å²) < 4.78 is 5.47. The number of halogens is 1. The molecule has 1 aromatic carbocycles. The first-order valence-corrected chi connectivity index (χ1v) is 6.40. The maximum Gasteiger partial charge on any atom is 0.119 e. The van der Waals surface area contributed by atoms with E-state index in [-0.39, 0.29) is 0 Å². The van der Waals surface area contributed by atoms with Crippen molar-refractivity contribution in [3.05, 3.63) is 41.4 Å². The van der Waals surface area contributed by atoms with Crippen LogP contribution in [0.25, 0.3) is 0 Å². The molecule has 0 aliphatic carbocycles. The second kappa shape index (κ2) is 8.15. The van der Waals surface area contributed by atoms with Crippen LogP contribution in [0.5, 0.6) is 5.75 Å². The van der Waals surface area contributed by atoms with Gasteiger partial charge in [0.05, 0.1) is 0 Å². The summed E-state index contributed by atoms with van der Waals surface area (Å²) >= 11 is 5.41. The normalized spacial score (nSPS) is 12.9. The Morgan fingerprint density at radius 2 is 2.06 bits per heavy atom. The van der Waals surface area contributed by atoms with Gasteiger partial charge in [0.15, 0.2) is 0 Å². The van der Waals surface area contributed by atoms with Crippen molar-refractivity contribution in [3.63, 3.8) is 0 Å². The smallest absolute Gasteiger partial charge is 0.119 e. The van der Waals surface area contributed by atoms with E-state index in [1.165, 1.54) is 11.1 Å². The molecule has 0 fully saturated rings. The summed E-state index contributed by atoms with van der Waals surface area (Å²) in [5, 5.41) is 3.40. The standard InChI is InChI=1S/C14H20ClNO/c1-3-16-12(2)11-13-5-7-14(8-6-13)17-10-4-9-15/h4-9,12,16H,3,10-11H2,1-2H3/b9-4+. The molecule has 17 heavy (non-hydrogen) atoms. The van der Waals surface area contributed by atoms with E-state index in [1.807, 2.05) is 12.1 Å². The summed E-state index contributed by atoms with van der Waals surface area (Å²) in [6.45, 7) is 5.83. The predicted octanol–water partition coefficient (Wildman–Crippen LogP) is 3.36. The summed E-state index contributed by atoms with van der Waals surface area (Å²) in [5.41, 5.74) is 2.78. The molecule has 0 spiro atoms. The van der Waals surface area contributed by atoms with Crippen molar-refractivity contribution < 1.29 is 4.74 Å². The summed E-state index contributed by atoms with van der Waals surface area (Å²) in [5.74, 6) is 0.875.